The molecule has 0 aliphatic carbocycles. The van der Waals surface area contributed by atoms with Crippen LogP contribution < -0.4 is 0 Å². The van der Waals surface area contributed by atoms with E-state index in [1.807, 2.05) is 12.3 Å². The summed E-state index contributed by atoms with van der Waals surface area (Å²) in [6, 6.07) is 5.42. The molecule has 7 heteroatoms. The fourth-order valence-electron chi connectivity index (χ4n) is 1.52. The molecule has 2 heterocycles. The van der Waals surface area contributed by atoms with Crippen LogP contribution in [-0.2, 0) is 0 Å². The lowest BCUT2D eigenvalue weighted by Gasteiger charge is -1.97. The molecule has 0 saturated carbocycles. The van der Waals surface area contributed by atoms with E-state index in [9.17, 15) is 9.18 Å². The SMILES string of the molecule is Cc1nccs1.O=C(O)c1nocc1-c1ccc(F)cc1. The summed E-state index contributed by atoms with van der Waals surface area (Å²) < 4.78 is 17.2. The Morgan fingerprint density at radius 3 is 2.52 bits per heavy atom. The summed E-state index contributed by atoms with van der Waals surface area (Å²) in [5, 5.41) is 15.2. The van der Waals surface area contributed by atoms with Gasteiger partial charge in [0.05, 0.1) is 10.6 Å². The Labute approximate surface area is 123 Å². The van der Waals surface area contributed by atoms with E-state index >= 15 is 0 Å². The number of carboxylic acids is 1. The van der Waals surface area contributed by atoms with Gasteiger partial charge in [-0.1, -0.05) is 17.3 Å². The zero-order chi connectivity index (χ0) is 15.2. The van der Waals surface area contributed by atoms with Crippen LogP contribution in [-0.4, -0.2) is 21.2 Å². The summed E-state index contributed by atoms with van der Waals surface area (Å²) in [4.78, 5) is 14.7. The maximum Gasteiger partial charge on any atom is 0.358 e. The molecule has 0 bridgehead atoms. The van der Waals surface area contributed by atoms with Gasteiger partial charge in [0.1, 0.15) is 12.1 Å². The van der Waals surface area contributed by atoms with Crippen molar-refractivity contribution in [3.63, 3.8) is 0 Å². The van der Waals surface area contributed by atoms with Gasteiger partial charge >= 0.3 is 5.97 Å². The van der Waals surface area contributed by atoms with Crippen molar-refractivity contribution < 1.29 is 18.8 Å². The zero-order valence-corrected chi connectivity index (χ0v) is 11.8. The number of aromatic nitrogens is 2. The summed E-state index contributed by atoms with van der Waals surface area (Å²) in [7, 11) is 0. The lowest BCUT2D eigenvalue weighted by molar-refractivity contribution is 0.0686. The highest BCUT2D eigenvalue weighted by Crippen LogP contribution is 2.23. The highest BCUT2D eigenvalue weighted by atomic mass is 32.1. The molecule has 0 atom stereocenters. The second-order valence-electron chi connectivity index (χ2n) is 3.94. The van der Waals surface area contributed by atoms with E-state index in [2.05, 4.69) is 14.7 Å². The minimum absolute atomic E-state index is 0.179. The molecule has 2 aromatic heterocycles. The number of carboxylic acid groups (broad SMARTS) is 1. The molecule has 0 unspecified atom stereocenters. The average Bonchev–Trinajstić information content (AvgIpc) is 3.11. The van der Waals surface area contributed by atoms with Gasteiger partial charge in [-0.2, -0.15) is 0 Å². The van der Waals surface area contributed by atoms with Crippen molar-refractivity contribution >= 4 is 17.3 Å². The van der Waals surface area contributed by atoms with Crippen LogP contribution in [0.3, 0.4) is 0 Å². The van der Waals surface area contributed by atoms with Gasteiger partial charge < -0.3 is 9.63 Å². The zero-order valence-electron chi connectivity index (χ0n) is 11.0. The number of hydrogen-bond acceptors (Lipinski definition) is 5. The third-order valence-corrected chi connectivity index (χ3v) is 3.19. The quantitative estimate of drug-likeness (QED) is 0.782. The summed E-state index contributed by atoms with van der Waals surface area (Å²) >= 11 is 1.67. The Morgan fingerprint density at radius 1 is 1.33 bits per heavy atom. The monoisotopic (exact) mass is 306 g/mol. The van der Waals surface area contributed by atoms with Crippen molar-refractivity contribution in [3.05, 3.63) is 58.6 Å². The van der Waals surface area contributed by atoms with Crippen LogP contribution >= 0.6 is 11.3 Å². The minimum Gasteiger partial charge on any atom is -0.476 e. The molecule has 0 amide bonds. The molecule has 1 N–H and O–H groups in total. The van der Waals surface area contributed by atoms with E-state index in [0.717, 1.165) is 5.01 Å². The number of thiazole rings is 1. The van der Waals surface area contributed by atoms with Crippen LogP contribution in [0.4, 0.5) is 4.39 Å². The molecular formula is C14H11FN2O3S. The van der Waals surface area contributed by atoms with Crippen molar-refractivity contribution in [2.45, 2.75) is 6.92 Å². The molecule has 0 saturated heterocycles. The van der Waals surface area contributed by atoms with Crippen LogP contribution in [0, 0.1) is 12.7 Å². The maximum atomic E-state index is 12.6. The average molecular weight is 306 g/mol. The lowest BCUT2D eigenvalue weighted by atomic mass is 10.1. The molecule has 108 valence electrons. The van der Waals surface area contributed by atoms with Gasteiger partial charge in [-0.15, -0.1) is 11.3 Å². The van der Waals surface area contributed by atoms with Crippen LogP contribution in [0.15, 0.2) is 46.6 Å². The molecule has 0 aliphatic rings. The third-order valence-electron chi connectivity index (χ3n) is 2.48. The molecule has 0 radical (unpaired) electrons. The molecule has 0 spiro atoms. The number of hydrogen-bond donors (Lipinski definition) is 1. The van der Waals surface area contributed by atoms with Crippen LogP contribution in [0.2, 0.25) is 0 Å². The molecule has 5 nitrogen and oxygen atoms in total. The van der Waals surface area contributed by atoms with E-state index in [1.165, 1.54) is 30.5 Å². The highest BCUT2D eigenvalue weighted by Gasteiger charge is 2.16. The summed E-state index contributed by atoms with van der Waals surface area (Å²) in [5.41, 5.74) is 0.708. The number of benzene rings is 1. The van der Waals surface area contributed by atoms with E-state index in [-0.39, 0.29) is 11.5 Å². The Morgan fingerprint density at radius 2 is 2.05 bits per heavy atom. The normalized spacial score (nSPS) is 9.81. The van der Waals surface area contributed by atoms with Crippen molar-refractivity contribution in [3.8, 4) is 11.1 Å². The minimum atomic E-state index is -1.18. The Balaban J connectivity index is 0.000000225. The van der Waals surface area contributed by atoms with E-state index in [4.69, 9.17) is 5.11 Å². The predicted octanol–water partition coefficient (Wildman–Crippen LogP) is 3.63. The predicted molar refractivity (Wildman–Crippen MR) is 75.7 cm³/mol. The van der Waals surface area contributed by atoms with Crippen LogP contribution in [0.25, 0.3) is 11.1 Å². The van der Waals surface area contributed by atoms with Gasteiger partial charge in [-0.25, -0.2) is 9.18 Å². The highest BCUT2D eigenvalue weighted by molar-refractivity contribution is 7.09. The first-order valence-electron chi connectivity index (χ1n) is 5.87. The molecule has 1 aromatic carbocycles. The van der Waals surface area contributed by atoms with Crippen molar-refractivity contribution in [2.75, 3.05) is 0 Å². The Bertz CT molecular complexity index is 708. The summed E-state index contributed by atoms with van der Waals surface area (Å²) in [6.07, 6.45) is 3.02. The molecule has 0 aliphatic heterocycles. The standard InChI is InChI=1S/C10H6FNO3.C4H5NS/c11-7-3-1-6(2-4-7)8-5-15-12-9(8)10(13)14;1-4-5-2-3-6-4/h1-5H,(H,13,14);2-3H,1H3. The Hall–Kier alpha value is -2.54. The first kappa shape index (κ1) is 14.9. The molecule has 3 aromatic rings. The first-order valence-corrected chi connectivity index (χ1v) is 6.75. The van der Waals surface area contributed by atoms with Crippen molar-refractivity contribution in [2.24, 2.45) is 0 Å². The van der Waals surface area contributed by atoms with Crippen LogP contribution in [0.1, 0.15) is 15.5 Å². The lowest BCUT2D eigenvalue weighted by Crippen LogP contribution is -1.98. The smallest absolute Gasteiger partial charge is 0.358 e. The number of halogens is 1. The van der Waals surface area contributed by atoms with Gasteiger partial charge in [-0.05, 0) is 24.6 Å². The van der Waals surface area contributed by atoms with Crippen LogP contribution in [0.5, 0.6) is 0 Å². The van der Waals surface area contributed by atoms with Gasteiger partial charge in [-0.3, -0.25) is 4.98 Å². The van der Waals surface area contributed by atoms with Gasteiger partial charge in [0.15, 0.2) is 5.69 Å². The van der Waals surface area contributed by atoms with E-state index < -0.39 is 5.97 Å². The maximum absolute atomic E-state index is 12.6. The number of aromatic carboxylic acids is 1. The van der Waals surface area contributed by atoms with Gasteiger partial charge in [0, 0.05) is 11.6 Å². The summed E-state index contributed by atoms with van der Waals surface area (Å²) in [5.74, 6) is -1.56. The fourth-order valence-corrected chi connectivity index (χ4v) is 1.96. The number of aryl methyl sites for hydroxylation is 1. The van der Waals surface area contributed by atoms with Crippen molar-refractivity contribution in [1.29, 1.82) is 0 Å². The van der Waals surface area contributed by atoms with Crippen molar-refractivity contribution in [1.82, 2.24) is 10.1 Å². The summed E-state index contributed by atoms with van der Waals surface area (Å²) in [6.45, 7) is 1.99. The van der Waals surface area contributed by atoms with Gasteiger partial charge in [0.25, 0.3) is 0 Å². The molecule has 0 fully saturated rings. The van der Waals surface area contributed by atoms with E-state index in [1.54, 1.807) is 17.5 Å². The second kappa shape index (κ2) is 6.76. The van der Waals surface area contributed by atoms with Gasteiger partial charge in [0.2, 0.25) is 0 Å². The molecular weight excluding hydrogens is 295 g/mol. The Kier molecular flexibility index (Phi) is 4.78. The third kappa shape index (κ3) is 3.96. The number of rotatable bonds is 2. The molecule has 3 rings (SSSR count). The second-order valence-corrected chi connectivity index (χ2v) is 5.04. The molecule has 21 heavy (non-hydrogen) atoms. The topological polar surface area (TPSA) is 76.2 Å². The first-order chi connectivity index (χ1) is 10.1. The largest absolute Gasteiger partial charge is 0.476 e. The van der Waals surface area contributed by atoms with E-state index in [0.29, 0.717) is 11.1 Å². The number of nitrogens with zero attached hydrogens (tertiary/aromatic N) is 2. The fraction of sp³-hybridized carbons (Fsp3) is 0.0714. The number of carbonyl (C=O) groups is 1.